The molecule has 0 bridgehead atoms. The summed E-state index contributed by atoms with van der Waals surface area (Å²) in [6.45, 7) is 0.983. The van der Waals surface area contributed by atoms with Crippen LogP contribution in [0.4, 0.5) is 0 Å². The maximum atomic E-state index is 4.08. The average molecular weight is 95.1 g/mol. The van der Waals surface area contributed by atoms with E-state index in [2.05, 4.69) is 17.1 Å². The van der Waals surface area contributed by atoms with Gasteiger partial charge in [0.1, 0.15) is 0 Å². The average Bonchev–Trinajstić information content (AvgIpc) is 1.90. The van der Waals surface area contributed by atoms with Crippen molar-refractivity contribution in [3.8, 4) is 0 Å². The monoisotopic (exact) mass is 95.1 g/mol. The minimum Gasteiger partial charge on any atom is -0.0815 e. The third kappa shape index (κ3) is 1.53. The van der Waals surface area contributed by atoms with Crippen molar-refractivity contribution in [2.24, 2.45) is 0 Å². The lowest BCUT2D eigenvalue weighted by atomic mass is 10.4. The van der Waals surface area contributed by atoms with E-state index in [-0.39, 0.29) is 0 Å². The third-order valence-corrected chi connectivity index (χ3v) is 0.962. The molecule has 1 aliphatic rings. The van der Waals surface area contributed by atoms with Crippen LogP contribution in [0, 0.1) is 0 Å². The SMILES string of the molecule is C1=CCC[N+]=CC1. The van der Waals surface area contributed by atoms with Crippen LogP contribution in [0.1, 0.15) is 12.8 Å². The van der Waals surface area contributed by atoms with Crippen LogP contribution in [0.3, 0.4) is 0 Å². The summed E-state index contributed by atoms with van der Waals surface area (Å²) < 4.78 is 0. The number of aliphatic imine (C=N–C) groups is 1. The summed E-state index contributed by atoms with van der Waals surface area (Å²) >= 11 is 0. The summed E-state index contributed by atoms with van der Waals surface area (Å²) in [7, 11) is 0. The molecule has 0 saturated carbocycles. The highest BCUT2D eigenvalue weighted by atomic mass is 14.7. The first kappa shape index (κ1) is 4.57. The molecule has 1 nitrogen and oxygen atoms in total. The van der Waals surface area contributed by atoms with Crippen molar-refractivity contribution < 1.29 is 0 Å². The minimum absolute atomic E-state index is 0.983. The zero-order valence-corrected chi connectivity index (χ0v) is 4.30. The second-order valence-electron chi connectivity index (χ2n) is 1.58. The van der Waals surface area contributed by atoms with Crippen molar-refractivity contribution in [1.29, 1.82) is 0 Å². The van der Waals surface area contributed by atoms with Crippen molar-refractivity contribution in [2.45, 2.75) is 12.8 Å². The molecule has 0 N–H and O–H groups in total. The smallest absolute Gasteiger partial charge is 0.0815 e. The topological polar surface area (TPSA) is 14.1 Å². The zero-order chi connectivity index (χ0) is 4.95. The first-order valence-corrected chi connectivity index (χ1v) is 2.63. The molecule has 0 aromatic heterocycles. The molecule has 0 aliphatic carbocycles. The molecule has 0 saturated heterocycles. The molecule has 0 aromatic rings. The molecule has 1 heteroatoms. The lowest BCUT2D eigenvalue weighted by molar-refractivity contribution is 0.941. The Labute approximate surface area is 43.8 Å². The highest BCUT2D eigenvalue weighted by molar-refractivity contribution is 5.58. The number of hydrogen-bond acceptors (Lipinski definition) is 1. The Morgan fingerprint density at radius 2 is 2.29 bits per heavy atom. The molecule has 0 atom stereocenters. The van der Waals surface area contributed by atoms with Gasteiger partial charge >= 0.3 is 0 Å². The maximum absolute atomic E-state index is 4.08. The largest absolute Gasteiger partial charge is 0.215 e. The second kappa shape index (κ2) is 2.56. The summed E-state index contributed by atoms with van der Waals surface area (Å²) in [5, 5.41) is 0. The summed E-state index contributed by atoms with van der Waals surface area (Å²) in [6, 6.07) is 0. The Hall–Kier alpha value is -0.590. The molecular weight excluding hydrogens is 86.1 g/mol. The van der Waals surface area contributed by atoms with Crippen LogP contribution < -0.4 is 4.99 Å². The molecule has 0 amide bonds. The zero-order valence-electron chi connectivity index (χ0n) is 4.30. The third-order valence-electron chi connectivity index (χ3n) is 0.962. The molecule has 1 aliphatic heterocycles. The van der Waals surface area contributed by atoms with Gasteiger partial charge in [0.25, 0.3) is 0 Å². The Morgan fingerprint density at radius 3 is 3.29 bits per heavy atom. The van der Waals surface area contributed by atoms with Gasteiger partial charge in [-0.1, -0.05) is 12.2 Å². The van der Waals surface area contributed by atoms with Crippen LogP contribution >= 0.6 is 0 Å². The highest BCUT2D eigenvalue weighted by Crippen LogP contribution is 1.85. The fraction of sp³-hybridized carbons (Fsp3) is 0.500. The summed E-state index contributed by atoms with van der Waals surface area (Å²) in [5.74, 6) is 0. The van der Waals surface area contributed by atoms with Crippen molar-refractivity contribution >= 4 is 6.21 Å². The standard InChI is InChI=1S/C6H9N/c1-2-4-6-7-5-3-1/h1-2,5H,3-4,6H2/q+1. The number of hydrogen-bond donors (Lipinski definition) is 0. The van der Waals surface area contributed by atoms with Gasteiger partial charge in [-0.2, -0.15) is 0 Å². The molecule has 1 radical (unpaired) electrons. The van der Waals surface area contributed by atoms with E-state index in [0.717, 1.165) is 19.4 Å². The van der Waals surface area contributed by atoms with Crippen molar-refractivity contribution in [3.05, 3.63) is 12.2 Å². The number of allylic oxidation sites excluding steroid dienone is 1. The molecule has 0 unspecified atom stereocenters. The van der Waals surface area contributed by atoms with E-state index >= 15 is 0 Å². The predicted molar refractivity (Wildman–Crippen MR) is 31.4 cm³/mol. The molecule has 1 rings (SSSR count). The summed E-state index contributed by atoms with van der Waals surface area (Å²) in [4.78, 5) is 4.08. The fourth-order valence-corrected chi connectivity index (χ4v) is 0.590. The molecule has 0 spiro atoms. The fourth-order valence-electron chi connectivity index (χ4n) is 0.590. The van der Waals surface area contributed by atoms with Gasteiger partial charge < -0.3 is 0 Å². The van der Waals surface area contributed by atoms with Crippen molar-refractivity contribution in [2.75, 3.05) is 6.54 Å². The van der Waals surface area contributed by atoms with Crippen LogP contribution in [-0.4, -0.2) is 12.8 Å². The van der Waals surface area contributed by atoms with Crippen LogP contribution in [-0.2, 0) is 0 Å². The van der Waals surface area contributed by atoms with Gasteiger partial charge in [-0.3, -0.25) is 0 Å². The minimum atomic E-state index is 0.983. The molecule has 37 valence electrons. The van der Waals surface area contributed by atoms with Gasteiger partial charge in [0.05, 0.1) is 0 Å². The van der Waals surface area contributed by atoms with Gasteiger partial charge in [-0.25, -0.2) is 0 Å². The van der Waals surface area contributed by atoms with Crippen LogP contribution in [0.2, 0.25) is 0 Å². The first-order chi connectivity index (χ1) is 3.50. The van der Waals surface area contributed by atoms with Crippen molar-refractivity contribution in [3.63, 3.8) is 0 Å². The quantitative estimate of drug-likeness (QED) is 0.394. The maximum Gasteiger partial charge on any atom is 0.215 e. The second-order valence-corrected chi connectivity index (χ2v) is 1.58. The van der Waals surface area contributed by atoms with Crippen molar-refractivity contribution in [1.82, 2.24) is 4.99 Å². The molecular formula is C6H9N+. The molecule has 1 heterocycles. The highest BCUT2D eigenvalue weighted by Gasteiger charge is 1.92. The summed E-state index contributed by atoms with van der Waals surface area (Å²) in [6.07, 6.45) is 8.43. The molecule has 7 heavy (non-hydrogen) atoms. The normalized spacial score (nSPS) is 19.4. The number of nitrogens with zero attached hydrogens (tertiary/aromatic N) is 1. The van der Waals surface area contributed by atoms with Gasteiger partial charge in [0.2, 0.25) is 12.8 Å². The van der Waals surface area contributed by atoms with E-state index in [1.165, 1.54) is 0 Å². The van der Waals surface area contributed by atoms with Gasteiger partial charge in [0.15, 0.2) is 0 Å². The Kier molecular flexibility index (Phi) is 1.67. The van der Waals surface area contributed by atoms with Gasteiger partial charge in [0, 0.05) is 17.8 Å². The van der Waals surface area contributed by atoms with Crippen LogP contribution in [0.5, 0.6) is 0 Å². The Balaban J connectivity index is 2.38. The Bertz CT molecular complexity index is 80.4. The lowest BCUT2D eigenvalue weighted by Gasteiger charge is -1.67. The molecule has 0 aromatic carbocycles. The molecule has 0 fully saturated rings. The predicted octanol–water partition coefficient (Wildman–Crippen LogP) is 0.743. The van der Waals surface area contributed by atoms with Crippen LogP contribution in [0.15, 0.2) is 12.2 Å². The van der Waals surface area contributed by atoms with E-state index in [1.807, 2.05) is 6.21 Å². The van der Waals surface area contributed by atoms with E-state index in [9.17, 15) is 0 Å². The van der Waals surface area contributed by atoms with E-state index in [1.54, 1.807) is 0 Å². The van der Waals surface area contributed by atoms with Crippen LogP contribution in [0.25, 0.3) is 0 Å². The summed E-state index contributed by atoms with van der Waals surface area (Å²) in [5.41, 5.74) is 0. The number of rotatable bonds is 0. The lowest BCUT2D eigenvalue weighted by Crippen LogP contribution is -1.89. The first-order valence-electron chi connectivity index (χ1n) is 2.63. The van der Waals surface area contributed by atoms with Gasteiger partial charge in [-0.05, 0) is 0 Å². The van der Waals surface area contributed by atoms with Gasteiger partial charge in [-0.15, -0.1) is 0 Å². The van der Waals surface area contributed by atoms with E-state index in [0.29, 0.717) is 0 Å². The van der Waals surface area contributed by atoms with E-state index in [4.69, 9.17) is 0 Å². The Morgan fingerprint density at radius 1 is 1.29 bits per heavy atom. The van der Waals surface area contributed by atoms with E-state index < -0.39 is 0 Å².